The Morgan fingerprint density at radius 1 is 1.00 bits per heavy atom. The van der Waals surface area contributed by atoms with Crippen LogP contribution in [0.2, 0.25) is 10.0 Å². The van der Waals surface area contributed by atoms with Gasteiger partial charge in [-0.15, -0.1) is 25.6 Å². The number of hydrogen-bond donors (Lipinski definition) is 1. The van der Waals surface area contributed by atoms with E-state index in [2.05, 4.69) is 10.1 Å². The first-order valence-electron chi connectivity index (χ1n) is 8.50. The summed E-state index contributed by atoms with van der Waals surface area (Å²) in [6.07, 6.45) is -2.97. The van der Waals surface area contributed by atoms with Gasteiger partial charge in [0.05, 0.1) is 6.61 Å². The Morgan fingerprint density at radius 2 is 1.71 bits per heavy atom. The van der Waals surface area contributed by atoms with Crippen LogP contribution in [0.1, 0.15) is 12.8 Å². The average molecular weight is 457 g/mol. The van der Waals surface area contributed by atoms with E-state index in [1.807, 2.05) is 0 Å². The third-order valence-corrected chi connectivity index (χ3v) is 4.89. The van der Waals surface area contributed by atoms with Gasteiger partial charge in [-0.2, -0.15) is 0 Å². The molecule has 28 heavy (non-hydrogen) atoms. The van der Waals surface area contributed by atoms with E-state index in [-0.39, 0.29) is 29.8 Å². The van der Waals surface area contributed by atoms with E-state index in [0.717, 1.165) is 25.9 Å². The molecule has 1 fully saturated rings. The van der Waals surface area contributed by atoms with E-state index < -0.39 is 6.36 Å². The van der Waals surface area contributed by atoms with Crippen LogP contribution in [0.3, 0.4) is 0 Å². The Morgan fingerprint density at radius 3 is 2.36 bits per heavy atom. The van der Waals surface area contributed by atoms with Crippen molar-refractivity contribution in [2.45, 2.75) is 19.2 Å². The van der Waals surface area contributed by atoms with Gasteiger partial charge in [-0.3, -0.25) is 0 Å². The number of alkyl halides is 3. The molecule has 1 aliphatic heterocycles. The SMILES string of the molecule is Cl.FC(F)(F)Oc1ccc(-c2ccc(Cl)cc2Cl)cc1OCC1CCNCC1. The number of rotatable bonds is 5. The lowest BCUT2D eigenvalue weighted by Crippen LogP contribution is -2.30. The van der Waals surface area contributed by atoms with Crippen LogP contribution in [0.25, 0.3) is 11.1 Å². The second-order valence-electron chi connectivity index (χ2n) is 6.34. The molecule has 0 radical (unpaired) electrons. The number of benzene rings is 2. The predicted octanol–water partition coefficient (Wildman–Crippen LogP) is 6.36. The minimum absolute atomic E-state index is 0. The quantitative estimate of drug-likeness (QED) is 0.568. The van der Waals surface area contributed by atoms with E-state index in [4.69, 9.17) is 27.9 Å². The lowest BCUT2D eigenvalue weighted by atomic mass is 9.99. The third-order valence-electron chi connectivity index (χ3n) is 4.34. The van der Waals surface area contributed by atoms with Gasteiger partial charge in [0.15, 0.2) is 11.5 Å². The molecule has 1 heterocycles. The Hall–Kier alpha value is -1.34. The smallest absolute Gasteiger partial charge is 0.489 e. The summed E-state index contributed by atoms with van der Waals surface area (Å²) < 4.78 is 48.0. The van der Waals surface area contributed by atoms with Gasteiger partial charge in [0.25, 0.3) is 0 Å². The Bertz CT molecular complexity index is 796. The first-order valence-corrected chi connectivity index (χ1v) is 9.26. The minimum Gasteiger partial charge on any atom is -0.489 e. The Labute approximate surface area is 177 Å². The van der Waals surface area contributed by atoms with Gasteiger partial charge in [0.2, 0.25) is 0 Å². The maximum atomic E-state index is 12.7. The second-order valence-corrected chi connectivity index (χ2v) is 7.18. The molecular weight excluding hydrogens is 438 g/mol. The molecule has 1 aliphatic rings. The monoisotopic (exact) mass is 455 g/mol. The highest BCUT2D eigenvalue weighted by Crippen LogP contribution is 2.38. The van der Waals surface area contributed by atoms with Gasteiger partial charge in [0.1, 0.15) is 0 Å². The van der Waals surface area contributed by atoms with Crippen molar-refractivity contribution in [3.8, 4) is 22.6 Å². The number of nitrogens with one attached hydrogen (secondary N) is 1. The van der Waals surface area contributed by atoms with Crippen molar-refractivity contribution < 1.29 is 22.6 Å². The first kappa shape index (κ1) is 22.9. The zero-order chi connectivity index (χ0) is 19.4. The molecule has 0 saturated carbocycles. The van der Waals surface area contributed by atoms with Crippen molar-refractivity contribution in [1.82, 2.24) is 5.32 Å². The van der Waals surface area contributed by atoms with E-state index in [1.165, 1.54) is 18.2 Å². The van der Waals surface area contributed by atoms with Crippen LogP contribution >= 0.6 is 35.6 Å². The molecular formula is C19H19Cl3F3NO2. The average Bonchev–Trinajstić information content (AvgIpc) is 2.61. The molecule has 0 amide bonds. The van der Waals surface area contributed by atoms with Crippen molar-refractivity contribution >= 4 is 35.6 Å². The van der Waals surface area contributed by atoms with Crippen molar-refractivity contribution in [2.75, 3.05) is 19.7 Å². The van der Waals surface area contributed by atoms with Crippen LogP contribution in [0.4, 0.5) is 13.2 Å². The lowest BCUT2D eigenvalue weighted by Gasteiger charge is -2.23. The molecule has 1 saturated heterocycles. The lowest BCUT2D eigenvalue weighted by molar-refractivity contribution is -0.275. The first-order chi connectivity index (χ1) is 12.8. The number of ether oxygens (including phenoxy) is 2. The van der Waals surface area contributed by atoms with Gasteiger partial charge in [-0.25, -0.2) is 0 Å². The molecule has 1 N–H and O–H groups in total. The zero-order valence-electron chi connectivity index (χ0n) is 14.7. The van der Waals surface area contributed by atoms with E-state index in [1.54, 1.807) is 18.2 Å². The van der Waals surface area contributed by atoms with Gasteiger partial charge in [0, 0.05) is 15.6 Å². The van der Waals surface area contributed by atoms with Crippen LogP contribution < -0.4 is 14.8 Å². The number of hydrogen-bond acceptors (Lipinski definition) is 3. The van der Waals surface area contributed by atoms with E-state index in [9.17, 15) is 13.2 Å². The highest BCUT2D eigenvalue weighted by Gasteiger charge is 2.32. The molecule has 0 spiro atoms. The molecule has 0 aliphatic carbocycles. The summed E-state index contributed by atoms with van der Waals surface area (Å²) in [6, 6.07) is 9.21. The van der Waals surface area contributed by atoms with Crippen LogP contribution in [0.15, 0.2) is 36.4 Å². The highest BCUT2D eigenvalue weighted by molar-refractivity contribution is 6.36. The second kappa shape index (κ2) is 9.92. The normalized spacial score (nSPS) is 15.0. The van der Waals surface area contributed by atoms with Crippen molar-refractivity contribution in [1.29, 1.82) is 0 Å². The molecule has 0 aromatic heterocycles. The third kappa shape index (κ3) is 6.34. The van der Waals surface area contributed by atoms with Gasteiger partial charge >= 0.3 is 6.36 Å². The maximum absolute atomic E-state index is 12.7. The van der Waals surface area contributed by atoms with Gasteiger partial charge in [-0.05, 0) is 61.7 Å². The van der Waals surface area contributed by atoms with E-state index in [0.29, 0.717) is 27.8 Å². The van der Waals surface area contributed by atoms with Gasteiger partial charge < -0.3 is 14.8 Å². The minimum atomic E-state index is -4.80. The molecule has 0 unspecified atom stereocenters. The largest absolute Gasteiger partial charge is 0.573 e. The summed E-state index contributed by atoms with van der Waals surface area (Å²) in [5.74, 6) is -0.0487. The molecule has 3 rings (SSSR count). The highest BCUT2D eigenvalue weighted by atomic mass is 35.5. The molecule has 0 atom stereocenters. The number of piperidine rings is 1. The fourth-order valence-corrected chi connectivity index (χ4v) is 3.49. The topological polar surface area (TPSA) is 30.5 Å². The Kier molecular flexibility index (Phi) is 8.13. The summed E-state index contributed by atoms with van der Waals surface area (Å²) in [5.41, 5.74) is 1.26. The molecule has 2 aromatic carbocycles. The fourth-order valence-electron chi connectivity index (χ4n) is 2.98. The van der Waals surface area contributed by atoms with Crippen molar-refractivity contribution in [3.63, 3.8) is 0 Å². The zero-order valence-corrected chi connectivity index (χ0v) is 17.0. The summed E-state index contributed by atoms with van der Waals surface area (Å²) in [7, 11) is 0. The summed E-state index contributed by atoms with van der Waals surface area (Å²) in [5, 5.41) is 4.12. The molecule has 2 aromatic rings. The molecule has 3 nitrogen and oxygen atoms in total. The van der Waals surface area contributed by atoms with Crippen LogP contribution in [0, 0.1) is 5.92 Å². The summed E-state index contributed by atoms with van der Waals surface area (Å²) in [4.78, 5) is 0. The van der Waals surface area contributed by atoms with Crippen LogP contribution in [0.5, 0.6) is 11.5 Å². The number of halogens is 6. The van der Waals surface area contributed by atoms with E-state index >= 15 is 0 Å². The predicted molar refractivity (Wildman–Crippen MR) is 107 cm³/mol. The van der Waals surface area contributed by atoms with Crippen LogP contribution in [-0.4, -0.2) is 26.1 Å². The summed E-state index contributed by atoms with van der Waals surface area (Å²) >= 11 is 12.1. The Balaban J connectivity index is 0.00000280. The fraction of sp³-hybridized carbons (Fsp3) is 0.368. The van der Waals surface area contributed by atoms with Crippen molar-refractivity contribution in [3.05, 3.63) is 46.4 Å². The van der Waals surface area contributed by atoms with Crippen LogP contribution in [-0.2, 0) is 0 Å². The molecule has 9 heteroatoms. The standard InChI is InChI=1S/C19H18Cl2F3NO2.ClH/c20-14-2-3-15(16(21)10-14)13-1-4-17(27-19(22,23)24)18(9-13)26-11-12-5-7-25-8-6-12;/h1-4,9-10,12,25H,5-8,11H2;1H. The maximum Gasteiger partial charge on any atom is 0.573 e. The van der Waals surface area contributed by atoms with Gasteiger partial charge in [-0.1, -0.05) is 35.3 Å². The van der Waals surface area contributed by atoms with Crippen molar-refractivity contribution in [2.24, 2.45) is 5.92 Å². The molecule has 0 bridgehead atoms. The summed E-state index contributed by atoms with van der Waals surface area (Å²) in [6.45, 7) is 2.08. The molecule has 154 valence electrons.